The van der Waals surface area contributed by atoms with Crippen LogP contribution in [-0.2, 0) is 4.79 Å². The Labute approximate surface area is 92.2 Å². The zero-order valence-corrected chi connectivity index (χ0v) is 9.50. The summed E-state index contributed by atoms with van der Waals surface area (Å²) in [6.07, 6.45) is 7.33. The van der Waals surface area contributed by atoms with Gasteiger partial charge in [0.15, 0.2) is 0 Å². The summed E-state index contributed by atoms with van der Waals surface area (Å²) >= 11 is 0. The SMILES string of the molecule is O=C(NCCCCN1CCCC1)C1CC1. The molecule has 1 amide bonds. The van der Waals surface area contributed by atoms with E-state index < -0.39 is 0 Å². The van der Waals surface area contributed by atoms with Gasteiger partial charge in [-0.05, 0) is 58.2 Å². The second kappa shape index (κ2) is 5.50. The molecule has 1 aliphatic heterocycles. The fourth-order valence-corrected chi connectivity index (χ4v) is 2.17. The van der Waals surface area contributed by atoms with Gasteiger partial charge in [0.25, 0.3) is 0 Å². The Bertz CT molecular complexity index is 208. The zero-order valence-electron chi connectivity index (χ0n) is 9.50. The highest BCUT2D eigenvalue weighted by molar-refractivity contribution is 5.80. The molecule has 1 aliphatic carbocycles. The first kappa shape index (κ1) is 10.9. The molecule has 0 aromatic rings. The van der Waals surface area contributed by atoms with Crippen LogP contribution in [0.5, 0.6) is 0 Å². The molecule has 2 fully saturated rings. The maximum absolute atomic E-state index is 11.3. The minimum Gasteiger partial charge on any atom is -0.356 e. The Morgan fingerprint density at radius 3 is 2.60 bits per heavy atom. The molecule has 0 unspecified atom stereocenters. The van der Waals surface area contributed by atoms with Gasteiger partial charge in [0.2, 0.25) is 5.91 Å². The predicted octanol–water partition coefficient (Wildman–Crippen LogP) is 1.39. The number of rotatable bonds is 6. The Morgan fingerprint density at radius 2 is 1.93 bits per heavy atom. The van der Waals surface area contributed by atoms with Crippen molar-refractivity contribution in [1.82, 2.24) is 10.2 Å². The first-order chi connectivity index (χ1) is 7.36. The maximum Gasteiger partial charge on any atom is 0.223 e. The van der Waals surface area contributed by atoms with Crippen molar-refractivity contribution in [3.05, 3.63) is 0 Å². The lowest BCUT2D eigenvalue weighted by molar-refractivity contribution is -0.122. The zero-order chi connectivity index (χ0) is 10.5. The van der Waals surface area contributed by atoms with Crippen LogP contribution < -0.4 is 5.32 Å². The smallest absolute Gasteiger partial charge is 0.223 e. The van der Waals surface area contributed by atoms with E-state index in [1.807, 2.05) is 0 Å². The monoisotopic (exact) mass is 210 g/mol. The number of hydrogen-bond donors (Lipinski definition) is 1. The van der Waals surface area contributed by atoms with E-state index in [4.69, 9.17) is 0 Å². The number of nitrogens with zero attached hydrogens (tertiary/aromatic N) is 1. The highest BCUT2D eigenvalue weighted by Crippen LogP contribution is 2.28. The molecule has 0 atom stereocenters. The Hall–Kier alpha value is -0.570. The van der Waals surface area contributed by atoms with Crippen molar-refractivity contribution in [3.63, 3.8) is 0 Å². The van der Waals surface area contributed by atoms with Gasteiger partial charge in [0.1, 0.15) is 0 Å². The summed E-state index contributed by atoms with van der Waals surface area (Å²) in [6.45, 7) is 4.67. The summed E-state index contributed by atoms with van der Waals surface area (Å²) < 4.78 is 0. The highest BCUT2D eigenvalue weighted by Gasteiger charge is 2.28. The van der Waals surface area contributed by atoms with E-state index in [-0.39, 0.29) is 5.91 Å². The minimum absolute atomic E-state index is 0.288. The van der Waals surface area contributed by atoms with E-state index in [1.54, 1.807) is 0 Å². The largest absolute Gasteiger partial charge is 0.356 e. The number of hydrogen-bond acceptors (Lipinski definition) is 2. The molecule has 3 nitrogen and oxygen atoms in total. The van der Waals surface area contributed by atoms with Crippen molar-refractivity contribution in [1.29, 1.82) is 0 Å². The average Bonchev–Trinajstić information content (AvgIpc) is 2.97. The standard InChI is InChI=1S/C12H22N2O/c15-12(11-5-6-11)13-7-1-2-8-14-9-3-4-10-14/h11H,1-10H2,(H,13,15). The number of amides is 1. The van der Waals surface area contributed by atoms with Crippen molar-refractivity contribution < 1.29 is 4.79 Å². The molecule has 1 saturated carbocycles. The molecule has 2 aliphatic rings. The Kier molecular flexibility index (Phi) is 4.01. The molecule has 2 rings (SSSR count). The van der Waals surface area contributed by atoms with E-state index >= 15 is 0 Å². The topological polar surface area (TPSA) is 32.3 Å². The molecule has 0 aromatic carbocycles. The number of carbonyl (C=O) groups excluding carboxylic acids is 1. The van der Waals surface area contributed by atoms with E-state index in [1.165, 1.54) is 38.9 Å². The lowest BCUT2D eigenvalue weighted by Crippen LogP contribution is -2.27. The molecular weight excluding hydrogens is 188 g/mol. The third-order valence-electron chi connectivity index (χ3n) is 3.35. The quantitative estimate of drug-likeness (QED) is 0.672. The maximum atomic E-state index is 11.3. The van der Waals surface area contributed by atoms with Gasteiger partial charge >= 0.3 is 0 Å². The Balaban J connectivity index is 1.42. The predicted molar refractivity (Wildman–Crippen MR) is 60.6 cm³/mol. The molecule has 0 spiro atoms. The first-order valence-electron chi connectivity index (χ1n) is 6.36. The fraction of sp³-hybridized carbons (Fsp3) is 0.917. The third-order valence-corrected chi connectivity index (χ3v) is 3.35. The lowest BCUT2D eigenvalue weighted by Gasteiger charge is -2.13. The van der Waals surface area contributed by atoms with Crippen molar-refractivity contribution in [2.24, 2.45) is 5.92 Å². The number of nitrogens with one attached hydrogen (secondary N) is 1. The van der Waals surface area contributed by atoms with Crippen molar-refractivity contribution in [3.8, 4) is 0 Å². The average molecular weight is 210 g/mol. The summed E-state index contributed by atoms with van der Waals surface area (Å²) in [7, 11) is 0. The van der Waals surface area contributed by atoms with Gasteiger partial charge < -0.3 is 10.2 Å². The molecule has 0 aromatic heterocycles. The molecule has 1 saturated heterocycles. The fourth-order valence-electron chi connectivity index (χ4n) is 2.17. The molecule has 0 bridgehead atoms. The second-order valence-corrected chi connectivity index (χ2v) is 4.82. The molecule has 1 heterocycles. The Morgan fingerprint density at radius 1 is 1.20 bits per heavy atom. The summed E-state index contributed by atoms with van der Waals surface area (Å²) in [4.78, 5) is 13.8. The van der Waals surface area contributed by atoms with E-state index in [2.05, 4.69) is 10.2 Å². The van der Waals surface area contributed by atoms with E-state index in [9.17, 15) is 4.79 Å². The number of likely N-dealkylation sites (tertiary alicyclic amines) is 1. The van der Waals surface area contributed by atoms with Crippen LogP contribution in [0, 0.1) is 5.92 Å². The van der Waals surface area contributed by atoms with Crippen molar-refractivity contribution in [2.75, 3.05) is 26.2 Å². The second-order valence-electron chi connectivity index (χ2n) is 4.82. The van der Waals surface area contributed by atoms with Crippen molar-refractivity contribution in [2.45, 2.75) is 38.5 Å². The molecule has 86 valence electrons. The minimum atomic E-state index is 0.288. The van der Waals surface area contributed by atoms with Crippen LogP contribution in [0.15, 0.2) is 0 Å². The van der Waals surface area contributed by atoms with Gasteiger partial charge in [0.05, 0.1) is 0 Å². The van der Waals surface area contributed by atoms with Gasteiger partial charge in [-0.2, -0.15) is 0 Å². The van der Waals surface area contributed by atoms with E-state index in [0.29, 0.717) is 5.92 Å². The molecule has 15 heavy (non-hydrogen) atoms. The molecule has 1 N–H and O–H groups in total. The molecular formula is C12H22N2O. The van der Waals surface area contributed by atoms with Gasteiger partial charge in [-0.25, -0.2) is 0 Å². The van der Waals surface area contributed by atoms with Crippen LogP contribution in [0.3, 0.4) is 0 Å². The summed E-state index contributed by atoms with van der Waals surface area (Å²) in [5, 5.41) is 3.01. The van der Waals surface area contributed by atoms with Gasteiger partial charge in [0, 0.05) is 12.5 Å². The summed E-state index contributed by atoms with van der Waals surface area (Å²) in [6, 6.07) is 0. The normalized spacial score (nSPS) is 21.9. The van der Waals surface area contributed by atoms with Crippen molar-refractivity contribution >= 4 is 5.91 Å². The number of unbranched alkanes of at least 4 members (excludes halogenated alkanes) is 1. The third kappa shape index (κ3) is 3.82. The van der Waals surface area contributed by atoms with Crippen LogP contribution >= 0.6 is 0 Å². The van der Waals surface area contributed by atoms with Crippen LogP contribution in [0.2, 0.25) is 0 Å². The molecule has 0 radical (unpaired) electrons. The van der Waals surface area contributed by atoms with Gasteiger partial charge in [-0.1, -0.05) is 0 Å². The van der Waals surface area contributed by atoms with Gasteiger partial charge in [-0.15, -0.1) is 0 Å². The highest BCUT2D eigenvalue weighted by atomic mass is 16.2. The van der Waals surface area contributed by atoms with E-state index in [0.717, 1.165) is 25.8 Å². The summed E-state index contributed by atoms with van der Waals surface area (Å²) in [5.74, 6) is 0.653. The van der Waals surface area contributed by atoms with Crippen LogP contribution in [0.4, 0.5) is 0 Å². The summed E-state index contributed by atoms with van der Waals surface area (Å²) in [5.41, 5.74) is 0. The molecule has 3 heteroatoms. The lowest BCUT2D eigenvalue weighted by atomic mass is 10.3. The van der Waals surface area contributed by atoms with Crippen LogP contribution in [0.25, 0.3) is 0 Å². The number of carbonyl (C=O) groups is 1. The van der Waals surface area contributed by atoms with Crippen LogP contribution in [-0.4, -0.2) is 37.0 Å². The first-order valence-corrected chi connectivity index (χ1v) is 6.36. The van der Waals surface area contributed by atoms with Crippen LogP contribution in [0.1, 0.15) is 38.5 Å². The van der Waals surface area contributed by atoms with Gasteiger partial charge in [-0.3, -0.25) is 4.79 Å².